The number of quaternary nitrogens is 2. The Kier molecular flexibility index (Phi) is 6.70. The average molecular weight is 488 g/mol. The first-order chi connectivity index (χ1) is 17.7. The number of halogens is 1. The van der Waals surface area contributed by atoms with Gasteiger partial charge < -0.3 is 9.80 Å². The Bertz CT molecular complexity index is 1290. The molecule has 186 valence electrons. The summed E-state index contributed by atoms with van der Waals surface area (Å²) >= 11 is 0. The van der Waals surface area contributed by atoms with Crippen LogP contribution in [0.3, 0.4) is 0 Å². The second-order valence-electron chi connectivity index (χ2n) is 10.4. The lowest BCUT2D eigenvalue weighted by Crippen LogP contribution is -3.29. The fourth-order valence-corrected chi connectivity index (χ4v) is 6.23. The largest absolute Gasteiger partial charge is 0.323 e. The Labute approximate surface area is 210 Å². The van der Waals surface area contributed by atoms with E-state index < -0.39 is 0 Å². The van der Waals surface area contributed by atoms with Crippen LogP contribution in [0.25, 0.3) is 10.9 Å². The van der Waals surface area contributed by atoms with Crippen LogP contribution in [0.1, 0.15) is 55.1 Å². The minimum Gasteiger partial charge on any atom is -0.323 e. The van der Waals surface area contributed by atoms with E-state index >= 15 is 0 Å². The first-order valence-corrected chi connectivity index (χ1v) is 13.3. The second-order valence-corrected chi connectivity index (χ2v) is 10.4. The highest BCUT2D eigenvalue weighted by Crippen LogP contribution is 2.22. The van der Waals surface area contributed by atoms with E-state index in [-0.39, 0.29) is 11.9 Å². The molecule has 2 aromatic heterocycles. The third kappa shape index (κ3) is 4.88. The highest BCUT2D eigenvalue weighted by atomic mass is 19.1. The molecular weight excluding hydrogens is 453 g/mol. The Balaban J connectivity index is 1.31. The topological polar surface area (TPSA) is 65.4 Å². The van der Waals surface area contributed by atoms with E-state index in [1.54, 1.807) is 17.0 Å². The van der Waals surface area contributed by atoms with E-state index in [1.807, 2.05) is 16.9 Å². The van der Waals surface area contributed by atoms with Gasteiger partial charge in [-0.1, -0.05) is 30.7 Å². The molecule has 3 heterocycles. The van der Waals surface area contributed by atoms with Crippen molar-refractivity contribution in [3.8, 4) is 0 Å². The third-order valence-electron chi connectivity index (χ3n) is 8.15. The van der Waals surface area contributed by atoms with Gasteiger partial charge >= 0.3 is 0 Å². The van der Waals surface area contributed by atoms with E-state index in [0.29, 0.717) is 6.54 Å². The summed E-state index contributed by atoms with van der Waals surface area (Å²) in [6.07, 6.45) is 8.76. The maximum Gasteiger partial charge on any atom is 0.214 e. The fraction of sp³-hybridized carbons (Fsp3) is 0.429. The Hall–Kier alpha value is -3.23. The van der Waals surface area contributed by atoms with Crippen LogP contribution in [0, 0.1) is 5.82 Å². The van der Waals surface area contributed by atoms with E-state index in [9.17, 15) is 4.39 Å². The molecule has 1 aliphatic heterocycles. The molecule has 0 radical (unpaired) electrons. The van der Waals surface area contributed by atoms with Crippen molar-refractivity contribution >= 4 is 10.9 Å². The normalized spacial score (nSPS) is 22.0. The molecule has 0 amide bonds. The molecule has 4 aromatic rings. The molecular formula is C28H34FN7+2. The van der Waals surface area contributed by atoms with Crippen molar-refractivity contribution < 1.29 is 14.2 Å². The molecule has 8 heteroatoms. The summed E-state index contributed by atoms with van der Waals surface area (Å²) in [5.74, 6) is 0.625. The molecule has 0 bridgehead atoms. The van der Waals surface area contributed by atoms with Crippen molar-refractivity contribution in [3.05, 3.63) is 83.6 Å². The summed E-state index contributed by atoms with van der Waals surface area (Å²) in [4.78, 5) is 7.80. The van der Waals surface area contributed by atoms with Crippen molar-refractivity contribution in [2.45, 2.75) is 50.7 Å². The molecule has 2 aliphatic rings. The molecule has 7 nitrogen and oxygen atoms in total. The minimum absolute atomic E-state index is 0.0259. The van der Waals surface area contributed by atoms with Gasteiger partial charge in [-0.05, 0) is 72.0 Å². The summed E-state index contributed by atoms with van der Waals surface area (Å²) in [6.45, 7) is 5.06. The lowest BCUT2D eigenvalue weighted by atomic mass is 9.93. The van der Waals surface area contributed by atoms with Crippen molar-refractivity contribution in [3.63, 3.8) is 0 Å². The van der Waals surface area contributed by atoms with Crippen molar-refractivity contribution in [2.75, 3.05) is 26.2 Å². The van der Waals surface area contributed by atoms with Crippen LogP contribution in [0.4, 0.5) is 4.39 Å². The zero-order valence-electron chi connectivity index (χ0n) is 20.6. The molecule has 0 unspecified atom stereocenters. The zero-order chi connectivity index (χ0) is 24.3. The number of pyridine rings is 1. The molecule has 1 atom stereocenters. The maximum atomic E-state index is 13.5. The number of hydrogen-bond donors (Lipinski definition) is 2. The van der Waals surface area contributed by atoms with Gasteiger partial charge in [0.1, 0.15) is 32.0 Å². The fourth-order valence-electron chi connectivity index (χ4n) is 6.23. The van der Waals surface area contributed by atoms with Gasteiger partial charge in [0.2, 0.25) is 5.82 Å². The number of aromatic nitrogens is 5. The molecule has 1 aliphatic carbocycles. The number of nitrogens with zero attached hydrogens (tertiary/aromatic N) is 5. The van der Waals surface area contributed by atoms with Crippen LogP contribution in [0.5, 0.6) is 0 Å². The van der Waals surface area contributed by atoms with Gasteiger partial charge in [-0.3, -0.25) is 4.98 Å². The molecule has 2 fully saturated rings. The number of benzene rings is 2. The molecule has 1 saturated heterocycles. The van der Waals surface area contributed by atoms with Crippen molar-refractivity contribution in [2.24, 2.45) is 0 Å². The van der Waals surface area contributed by atoms with Crippen LogP contribution in [0.15, 0.2) is 60.8 Å². The number of hydrogen-bond acceptors (Lipinski definition) is 4. The standard InChI is InChI=1S/C28H32FN7/c29-24-11-8-21(9-12-24)20-36-28(31-32-33-36)27(23-10-13-26-22(19-23)5-4-14-30-26)35-17-15-34(16-18-35)25-6-2-1-3-7-25/h4-5,8-14,19,25,27H,1-3,6-7,15-18,20H2/p+2/t27-/m0/s1. The van der Waals surface area contributed by atoms with Crippen LogP contribution >= 0.6 is 0 Å². The molecule has 6 rings (SSSR count). The second kappa shape index (κ2) is 10.4. The van der Waals surface area contributed by atoms with E-state index in [1.165, 1.54) is 67.8 Å². The quantitative estimate of drug-likeness (QED) is 0.434. The zero-order valence-corrected chi connectivity index (χ0v) is 20.6. The molecule has 1 saturated carbocycles. The highest BCUT2D eigenvalue weighted by molar-refractivity contribution is 5.79. The predicted octanol–water partition coefficient (Wildman–Crippen LogP) is 1.61. The predicted molar refractivity (Wildman–Crippen MR) is 135 cm³/mol. The van der Waals surface area contributed by atoms with E-state index in [4.69, 9.17) is 0 Å². The number of nitrogens with one attached hydrogen (secondary N) is 2. The summed E-state index contributed by atoms with van der Waals surface area (Å²) in [5.41, 5.74) is 3.18. The highest BCUT2D eigenvalue weighted by Gasteiger charge is 2.37. The van der Waals surface area contributed by atoms with Gasteiger partial charge in [-0.25, -0.2) is 9.07 Å². The Morgan fingerprint density at radius 3 is 2.56 bits per heavy atom. The first-order valence-electron chi connectivity index (χ1n) is 13.3. The Morgan fingerprint density at radius 1 is 0.944 bits per heavy atom. The van der Waals surface area contributed by atoms with Crippen LogP contribution in [0.2, 0.25) is 0 Å². The summed E-state index contributed by atoms with van der Waals surface area (Å²) in [7, 11) is 0. The first kappa shape index (κ1) is 23.2. The van der Waals surface area contributed by atoms with Gasteiger partial charge in [0.15, 0.2) is 6.04 Å². The SMILES string of the molecule is Fc1ccc(Cn2nnnc2[C@H](c2ccc3ncccc3c2)[NH+]2CC[NH+](C3CCCCC3)CC2)cc1. The maximum absolute atomic E-state index is 13.5. The number of fused-ring (bicyclic) bond motifs is 1. The molecule has 2 N–H and O–H groups in total. The van der Waals surface area contributed by atoms with Gasteiger partial charge in [0.05, 0.1) is 18.1 Å². The summed E-state index contributed by atoms with van der Waals surface area (Å²) in [5, 5.41) is 14.1. The lowest BCUT2D eigenvalue weighted by molar-refractivity contribution is -1.03. The van der Waals surface area contributed by atoms with E-state index in [0.717, 1.165) is 41.4 Å². The van der Waals surface area contributed by atoms with Crippen molar-refractivity contribution in [1.82, 2.24) is 25.2 Å². The summed E-state index contributed by atoms with van der Waals surface area (Å²) < 4.78 is 15.4. The van der Waals surface area contributed by atoms with Gasteiger partial charge in [0, 0.05) is 17.1 Å². The van der Waals surface area contributed by atoms with Gasteiger partial charge in [0.25, 0.3) is 0 Å². The molecule has 0 spiro atoms. The minimum atomic E-state index is -0.235. The number of piperazine rings is 1. The lowest BCUT2D eigenvalue weighted by Gasteiger charge is -2.38. The third-order valence-corrected chi connectivity index (χ3v) is 8.15. The molecule has 2 aromatic carbocycles. The van der Waals surface area contributed by atoms with Crippen LogP contribution in [-0.4, -0.2) is 57.4 Å². The number of rotatable bonds is 6. The smallest absolute Gasteiger partial charge is 0.214 e. The number of tetrazole rings is 1. The monoisotopic (exact) mass is 487 g/mol. The van der Waals surface area contributed by atoms with Crippen LogP contribution in [-0.2, 0) is 6.54 Å². The van der Waals surface area contributed by atoms with Gasteiger partial charge in [-0.15, -0.1) is 5.10 Å². The molecule has 36 heavy (non-hydrogen) atoms. The summed E-state index contributed by atoms with van der Waals surface area (Å²) in [6, 6.07) is 18.1. The van der Waals surface area contributed by atoms with E-state index in [2.05, 4.69) is 44.8 Å². The van der Waals surface area contributed by atoms with Crippen molar-refractivity contribution in [1.29, 1.82) is 0 Å². The Morgan fingerprint density at radius 2 is 1.75 bits per heavy atom. The average Bonchev–Trinajstić information content (AvgIpc) is 3.38. The van der Waals surface area contributed by atoms with Gasteiger partial charge in [-0.2, -0.15) is 0 Å². The van der Waals surface area contributed by atoms with Crippen LogP contribution < -0.4 is 9.80 Å².